The zero-order valence-electron chi connectivity index (χ0n) is 15.4. The summed E-state index contributed by atoms with van der Waals surface area (Å²) in [6.07, 6.45) is 3.61. The smallest absolute Gasteiger partial charge is 0.179 e. The number of nitrogens with zero attached hydrogens (tertiary/aromatic N) is 2. The van der Waals surface area contributed by atoms with Crippen molar-refractivity contribution in [2.45, 2.75) is 12.6 Å². The van der Waals surface area contributed by atoms with Crippen LogP contribution in [0.5, 0.6) is 11.5 Å². The third-order valence-electron chi connectivity index (χ3n) is 4.32. The van der Waals surface area contributed by atoms with Crippen LogP contribution >= 0.6 is 11.6 Å². The van der Waals surface area contributed by atoms with Gasteiger partial charge in [-0.15, -0.1) is 0 Å². The standard InChI is InChI=1S/C20H21ClFN3O2/c1-25-9-8-23-20(25)18(14-4-6-15(22)7-5-14)24-12-13-10-16(21)19(27-3)17(11-13)26-2/h4-11,18,24H,12H2,1-3H3/t18-/m1/s1. The van der Waals surface area contributed by atoms with E-state index >= 15 is 0 Å². The quantitative estimate of drug-likeness (QED) is 0.660. The van der Waals surface area contributed by atoms with Crippen molar-refractivity contribution in [3.05, 3.63) is 76.6 Å². The molecule has 2 aromatic carbocycles. The van der Waals surface area contributed by atoms with E-state index in [9.17, 15) is 4.39 Å². The molecule has 142 valence electrons. The summed E-state index contributed by atoms with van der Waals surface area (Å²) in [6, 6.07) is 9.89. The van der Waals surface area contributed by atoms with E-state index in [1.54, 1.807) is 32.5 Å². The highest BCUT2D eigenvalue weighted by Gasteiger charge is 2.19. The molecule has 5 nitrogen and oxygen atoms in total. The summed E-state index contributed by atoms with van der Waals surface area (Å²) in [4.78, 5) is 4.44. The normalized spacial score (nSPS) is 12.0. The van der Waals surface area contributed by atoms with E-state index in [0.717, 1.165) is 17.0 Å². The molecule has 1 aromatic heterocycles. The molecule has 27 heavy (non-hydrogen) atoms. The lowest BCUT2D eigenvalue weighted by atomic mass is 10.1. The Morgan fingerprint density at radius 1 is 1.19 bits per heavy atom. The van der Waals surface area contributed by atoms with Crippen molar-refractivity contribution < 1.29 is 13.9 Å². The third kappa shape index (κ3) is 4.23. The zero-order valence-corrected chi connectivity index (χ0v) is 16.1. The molecule has 0 amide bonds. The molecule has 3 aromatic rings. The largest absolute Gasteiger partial charge is 0.493 e. The van der Waals surface area contributed by atoms with Gasteiger partial charge in [0.1, 0.15) is 11.6 Å². The molecule has 0 bridgehead atoms. The number of nitrogens with one attached hydrogen (secondary N) is 1. The Morgan fingerprint density at radius 2 is 1.93 bits per heavy atom. The molecule has 0 radical (unpaired) electrons. The average molecular weight is 390 g/mol. The van der Waals surface area contributed by atoms with Crippen molar-refractivity contribution in [3.63, 3.8) is 0 Å². The van der Waals surface area contributed by atoms with Gasteiger partial charge in [0.15, 0.2) is 11.5 Å². The number of methoxy groups -OCH3 is 2. The fraction of sp³-hybridized carbons (Fsp3) is 0.250. The summed E-state index contributed by atoms with van der Waals surface area (Å²) in [5.74, 6) is 1.62. The number of imidazole rings is 1. The minimum Gasteiger partial charge on any atom is -0.493 e. The highest BCUT2D eigenvalue weighted by molar-refractivity contribution is 6.32. The first-order valence-electron chi connectivity index (χ1n) is 8.40. The summed E-state index contributed by atoms with van der Waals surface area (Å²) in [5.41, 5.74) is 1.84. The van der Waals surface area contributed by atoms with Crippen LogP contribution in [0.1, 0.15) is 23.0 Å². The Morgan fingerprint density at radius 3 is 2.52 bits per heavy atom. The lowest BCUT2D eigenvalue weighted by Gasteiger charge is -2.20. The molecule has 1 heterocycles. The van der Waals surface area contributed by atoms with Crippen molar-refractivity contribution in [1.29, 1.82) is 0 Å². The molecular formula is C20H21ClFN3O2. The number of hydrogen-bond donors (Lipinski definition) is 1. The maximum absolute atomic E-state index is 13.3. The van der Waals surface area contributed by atoms with E-state index in [1.807, 2.05) is 29.9 Å². The van der Waals surface area contributed by atoms with Crippen molar-refractivity contribution in [2.24, 2.45) is 7.05 Å². The Hall–Kier alpha value is -2.57. The lowest BCUT2D eigenvalue weighted by molar-refractivity contribution is 0.354. The molecule has 0 fully saturated rings. The van der Waals surface area contributed by atoms with Gasteiger partial charge >= 0.3 is 0 Å². The van der Waals surface area contributed by atoms with Gasteiger partial charge in [-0.2, -0.15) is 0 Å². The van der Waals surface area contributed by atoms with Crippen LogP contribution in [0.25, 0.3) is 0 Å². The summed E-state index contributed by atoms with van der Waals surface area (Å²) < 4.78 is 25.9. The molecule has 0 saturated carbocycles. The second-order valence-electron chi connectivity index (χ2n) is 6.07. The number of aromatic nitrogens is 2. The van der Waals surface area contributed by atoms with Gasteiger partial charge < -0.3 is 14.0 Å². The van der Waals surface area contributed by atoms with Crippen molar-refractivity contribution in [2.75, 3.05) is 14.2 Å². The van der Waals surface area contributed by atoms with E-state index in [-0.39, 0.29) is 11.9 Å². The Labute approximate surface area is 162 Å². The SMILES string of the molecule is COc1cc(CN[C@H](c2ccc(F)cc2)c2nccn2C)cc(Cl)c1OC. The molecule has 1 atom stereocenters. The summed E-state index contributed by atoms with van der Waals surface area (Å²) in [5, 5.41) is 3.95. The highest BCUT2D eigenvalue weighted by atomic mass is 35.5. The summed E-state index contributed by atoms with van der Waals surface area (Å²) >= 11 is 6.30. The molecule has 0 saturated heterocycles. The van der Waals surface area contributed by atoms with Gasteiger partial charge in [0.25, 0.3) is 0 Å². The Balaban J connectivity index is 1.88. The topological polar surface area (TPSA) is 48.3 Å². The molecular weight excluding hydrogens is 369 g/mol. The van der Waals surface area contributed by atoms with Crippen LogP contribution in [-0.2, 0) is 13.6 Å². The summed E-state index contributed by atoms with van der Waals surface area (Å²) in [7, 11) is 5.04. The molecule has 0 spiro atoms. The van der Waals surface area contributed by atoms with E-state index in [1.165, 1.54) is 12.1 Å². The second-order valence-corrected chi connectivity index (χ2v) is 6.48. The predicted molar refractivity (Wildman–Crippen MR) is 103 cm³/mol. The number of benzene rings is 2. The highest BCUT2D eigenvalue weighted by Crippen LogP contribution is 2.36. The fourth-order valence-corrected chi connectivity index (χ4v) is 3.27. The minimum absolute atomic E-state index is 0.211. The van der Waals surface area contributed by atoms with Gasteiger partial charge in [0, 0.05) is 26.0 Å². The number of ether oxygens (including phenoxy) is 2. The van der Waals surface area contributed by atoms with Crippen molar-refractivity contribution in [3.8, 4) is 11.5 Å². The average Bonchev–Trinajstić information content (AvgIpc) is 3.08. The van der Waals surface area contributed by atoms with Gasteiger partial charge in [-0.05, 0) is 35.4 Å². The first kappa shape index (κ1) is 19.2. The van der Waals surface area contributed by atoms with E-state index in [4.69, 9.17) is 21.1 Å². The molecule has 0 aliphatic heterocycles. The number of halogens is 2. The summed E-state index contributed by atoms with van der Waals surface area (Å²) in [6.45, 7) is 0.509. The van der Waals surface area contributed by atoms with E-state index in [2.05, 4.69) is 10.3 Å². The minimum atomic E-state index is -0.274. The Kier molecular flexibility index (Phi) is 5.98. The number of aryl methyl sites for hydroxylation is 1. The number of rotatable bonds is 7. The van der Waals surface area contributed by atoms with Gasteiger partial charge in [-0.1, -0.05) is 23.7 Å². The molecule has 1 N–H and O–H groups in total. The molecule has 0 aliphatic rings. The van der Waals surface area contributed by atoms with Crippen LogP contribution in [0.15, 0.2) is 48.8 Å². The molecule has 0 aliphatic carbocycles. The third-order valence-corrected chi connectivity index (χ3v) is 4.60. The maximum Gasteiger partial charge on any atom is 0.179 e. The molecule has 7 heteroatoms. The van der Waals surface area contributed by atoms with E-state index < -0.39 is 0 Å². The van der Waals surface area contributed by atoms with Gasteiger partial charge in [-0.25, -0.2) is 9.37 Å². The van der Waals surface area contributed by atoms with Crippen LogP contribution in [-0.4, -0.2) is 23.8 Å². The first-order chi connectivity index (χ1) is 13.0. The van der Waals surface area contributed by atoms with Gasteiger partial charge in [0.05, 0.1) is 25.3 Å². The maximum atomic E-state index is 13.3. The molecule has 3 rings (SSSR count). The van der Waals surface area contributed by atoms with Crippen LogP contribution in [0.4, 0.5) is 4.39 Å². The predicted octanol–water partition coefficient (Wildman–Crippen LogP) is 4.11. The van der Waals surface area contributed by atoms with E-state index in [0.29, 0.717) is 23.1 Å². The van der Waals surface area contributed by atoms with Crippen LogP contribution in [0.2, 0.25) is 5.02 Å². The van der Waals surface area contributed by atoms with Crippen LogP contribution in [0.3, 0.4) is 0 Å². The molecule has 0 unspecified atom stereocenters. The Bertz CT molecular complexity index is 912. The van der Waals surface area contributed by atoms with Crippen LogP contribution in [0, 0.1) is 5.82 Å². The van der Waals surface area contributed by atoms with Crippen molar-refractivity contribution in [1.82, 2.24) is 14.9 Å². The van der Waals surface area contributed by atoms with Gasteiger partial charge in [0.2, 0.25) is 0 Å². The fourth-order valence-electron chi connectivity index (χ4n) is 2.96. The number of hydrogen-bond acceptors (Lipinski definition) is 4. The lowest BCUT2D eigenvalue weighted by Crippen LogP contribution is -2.24. The van der Waals surface area contributed by atoms with Gasteiger partial charge in [-0.3, -0.25) is 5.32 Å². The van der Waals surface area contributed by atoms with Crippen molar-refractivity contribution >= 4 is 11.6 Å². The monoisotopic (exact) mass is 389 g/mol. The first-order valence-corrected chi connectivity index (χ1v) is 8.77. The zero-order chi connectivity index (χ0) is 19.4. The second kappa shape index (κ2) is 8.41. The van der Waals surface area contributed by atoms with Crippen LogP contribution < -0.4 is 14.8 Å².